The number of halogens is 5. The number of hydrogen-bond donors (Lipinski definition) is 1. The molecule has 1 N–H and O–H groups in total. The Bertz CT molecular complexity index is 1430. The third-order valence-electron chi connectivity index (χ3n) is 5.40. The Labute approximate surface area is 212 Å². The molecule has 0 unspecified atom stereocenters. The number of rotatable bonds is 7. The topological polar surface area (TPSA) is 112 Å². The van der Waals surface area contributed by atoms with Crippen LogP contribution in [0.5, 0.6) is 5.75 Å². The zero-order valence-corrected chi connectivity index (χ0v) is 20.4. The van der Waals surface area contributed by atoms with Crippen molar-refractivity contribution in [3.63, 3.8) is 0 Å². The Balaban J connectivity index is 1.51. The van der Waals surface area contributed by atoms with E-state index < -0.39 is 38.2 Å². The highest BCUT2D eigenvalue weighted by atomic mass is 35.5. The van der Waals surface area contributed by atoms with Crippen LogP contribution in [-0.2, 0) is 14.6 Å². The number of sulfone groups is 1. The summed E-state index contributed by atoms with van der Waals surface area (Å²) in [5, 5.41) is 6.10. The molecule has 0 radical (unpaired) electrons. The van der Waals surface area contributed by atoms with Gasteiger partial charge in [0.1, 0.15) is 10.8 Å². The van der Waals surface area contributed by atoms with Gasteiger partial charge >= 0.3 is 6.36 Å². The van der Waals surface area contributed by atoms with Gasteiger partial charge in [-0.3, -0.25) is 4.79 Å². The Morgan fingerprint density at radius 1 is 1.16 bits per heavy atom. The summed E-state index contributed by atoms with van der Waals surface area (Å²) < 4.78 is 87.0. The van der Waals surface area contributed by atoms with Crippen molar-refractivity contribution in [2.24, 2.45) is 0 Å². The zero-order chi connectivity index (χ0) is 26.8. The lowest BCUT2D eigenvalue weighted by Gasteiger charge is -2.29. The molecule has 1 saturated heterocycles. The second-order valence-corrected chi connectivity index (χ2v) is 10.4. The number of anilines is 1. The molecule has 1 aliphatic rings. The molecule has 0 aliphatic carbocycles. The minimum absolute atomic E-state index is 0.0749. The zero-order valence-electron chi connectivity index (χ0n) is 18.8. The number of ether oxygens (including phenoxy) is 2. The summed E-state index contributed by atoms with van der Waals surface area (Å²) in [7, 11) is -4.18. The predicted molar refractivity (Wildman–Crippen MR) is 124 cm³/mol. The normalized spacial score (nSPS) is 18.4. The highest BCUT2D eigenvalue weighted by Crippen LogP contribution is 2.27. The van der Waals surface area contributed by atoms with E-state index in [1.165, 1.54) is 12.3 Å². The molecule has 0 saturated carbocycles. The Kier molecular flexibility index (Phi) is 7.44. The highest BCUT2D eigenvalue weighted by molar-refractivity contribution is 7.91. The molecule has 9 nitrogen and oxygen atoms in total. The fourth-order valence-electron chi connectivity index (χ4n) is 3.55. The fourth-order valence-corrected chi connectivity index (χ4v) is 4.92. The van der Waals surface area contributed by atoms with E-state index in [0.29, 0.717) is 19.4 Å². The first-order valence-electron chi connectivity index (χ1n) is 10.7. The van der Waals surface area contributed by atoms with Gasteiger partial charge in [-0.1, -0.05) is 11.6 Å². The van der Waals surface area contributed by atoms with Crippen molar-refractivity contribution in [1.29, 1.82) is 0 Å². The molecule has 1 fully saturated rings. The minimum atomic E-state index is -4.92. The Morgan fingerprint density at radius 3 is 2.49 bits per heavy atom. The van der Waals surface area contributed by atoms with Crippen molar-refractivity contribution in [2.75, 3.05) is 25.1 Å². The second kappa shape index (κ2) is 10.3. The molecule has 0 spiro atoms. The SMILES string of the molecule is O=c1c(Cl)c(NC[C@@]2(F)CCCOC2)cnn1-c1ccc(S(=O)(=O)c2ccc(OC(F)(F)F)cc2)nc1. The van der Waals surface area contributed by atoms with E-state index in [0.717, 1.165) is 41.2 Å². The van der Waals surface area contributed by atoms with Gasteiger partial charge in [0.2, 0.25) is 9.84 Å². The summed E-state index contributed by atoms with van der Waals surface area (Å²) in [6.07, 6.45) is -1.74. The molecule has 2 aromatic heterocycles. The van der Waals surface area contributed by atoms with Crippen LogP contribution < -0.4 is 15.6 Å². The molecule has 4 rings (SSSR count). The Hall–Kier alpha value is -3.23. The first-order valence-corrected chi connectivity index (χ1v) is 12.6. The maximum atomic E-state index is 14.7. The van der Waals surface area contributed by atoms with Crippen LogP contribution in [0, 0.1) is 0 Å². The number of aromatic nitrogens is 3. The van der Waals surface area contributed by atoms with E-state index in [2.05, 4.69) is 20.1 Å². The van der Waals surface area contributed by atoms with Crippen molar-refractivity contribution in [3.05, 3.63) is 64.2 Å². The van der Waals surface area contributed by atoms with Gasteiger partial charge in [-0.25, -0.2) is 17.8 Å². The smallest absolute Gasteiger partial charge is 0.406 e. The molecule has 198 valence electrons. The van der Waals surface area contributed by atoms with Gasteiger partial charge in [0, 0.05) is 6.61 Å². The van der Waals surface area contributed by atoms with Gasteiger partial charge in [-0.2, -0.15) is 9.78 Å². The fraction of sp³-hybridized carbons (Fsp3) is 0.318. The summed E-state index contributed by atoms with van der Waals surface area (Å²) in [5.41, 5.74) is -2.14. The van der Waals surface area contributed by atoms with Crippen LogP contribution in [0.2, 0.25) is 5.02 Å². The summed E-state index contributed by atoms with van der Waals surface area (Å²) in [6, 6.07) is 5.99. The average Bonchev–Trinajstić information content (AvgIpc) is 2.85. The molecule has 1 aliphatic heterocycles. The van der Waals surface area contributed by atoms with Gasteiger partial charge < -0.3 is 14.8 Å². The third kappa shape index (κ3) is 6.19. The summed E-state index contributed by atoms with van der Waals surface area (Å²) >= 11 is 6.16. The number of nitrogens with one attached hydrogen (secondary N) is 1. The number of pyridine rings is 1. The molecular weight excluding hydrogens is 544 g/mol. The predicted octanol–water partition coefficient (Wildman–Crippen LogP) is 3.94. The molecule has 37 heavy (non-hydrogen) atoms. The molecule has 1 aromatic carbocycles. The minimum Gasteiger partial charge on any atom is -0.406 e. The number of hydrogen-bond acceptors (Lipinski definition) is 8. The second-order valence-electron chi connectivity index (χ2n) is 8.13. The number of nitrogens with zero attached hydrogens (tertiary/aromatic N) is 3. The van der Waals surface area contributed by atoms with Crippen LogP contribution in [0.1, 0.15) is 12.8 Å². The lowest BCUT2D eigenvalue weighted by atomic mass is 9.99. The van der Waals surface area contributed by atoms with E-state index >= 15 is 0 Å². The van der Waals surface area contributed by atoms with Crippen molar-refractivity contribution in [1.82, 2.24) is 14.8 Å². The molecule has 1 atom stereocenters. The van der Waals surface area contributed by atoms with E-state index in [1.54, 1.807) is 0 Å². The molecule has 0 amide bonds. The lowest BCUT2D eigenvalue weighted by molar-refractivity contribution is -0.274. The maximum absolute atomic E-state index is 14.7. The standard InChI is InChI=1S/C22H19ClF4N4O5S/c23-19-17(29-12-21(24)8-1-9-35-13-21)11-30-31(20(19)32)14-2-7-18(28-10-14)37(33,34)16-5-3-15(4-6-16)36-22(25,26)27/h2-7,10-11,29H,1,8-9,12-13H2/t21-/m0/s1. The molecule has 3 aromatic rings. The quantitative estimate of drug-likeness (QED) is 0.431. The van der Waals surface area contributed by atoms with Crippen molar-refractivity contribution in [3.8, 4) is 11.4 Å². The maximum Gasteiger partial charge on any atom is 0.573 e. The summed E-state index contributed by atoms with van der Waals surface area (Å²) in [6.45, 7) is 0.283. The van der Waals surface area contributed by atoms with Crippen molar-refractivity contribution in [2.45, 2.75) is 34.8 Å². The van der Waals surface area contributed by atoms with Crippen LogP contribution in [0.15, 0.2) is 63.5 Å². The summed E-state index contributed by atoms with van der Waals surface area (Å²) in [5.74, 6) is -0.580. The van der Waals surface area contributed by atoms with E-state index in [1.807, 2.05) is 0 Å². The molecule has 15 heteroatoms. The van der Waals surface area contributed by atoms with E-state index in [9.17, 15) is 30.8 Å². The Morgan fingerprint density at radius 2 is 1.89 bits per heavy atom. The number of benzene rings is 1. The van der Waals surface area contributed by atoms with Gasteiger partial charge in [0.05, 0.1) is 41.8 Å². The number of alkyl halides is 4. The van der Waals surface area contributed by atoms with Crippen LogP contribution in [0.3, 0.4) is 0 Å². The largest absolute Gasteiger partial charge is 0.573 e. The van der Waals surface area contributed by atoms with Crippen LogP contribution in [-0.4, -0.2) is 55.0 Å². The van der Waals surface area contributed by atoms with Crippen molar-refractivity contribution < 1.29 is 35.5 Å². The van der Waals surface area contributed by atoms with Gasteiger partial charge in [-0.15, -0.1) is 13.2 Å². The summed E-state index contributed by atoms with van der Waals surface area (Å²) in [4.78, 5) is 16.3. The monoisotopic (exact) mass is 562 g/mol. The van der Waals surface area contributed by atoms with Crippen LogP contribution in [0.25, 0.3) is 5.69 Å². The highest BCUT2D eigenvalue weighted by Gasteiger charge is 2.33. The van der Waals surface area contributed by atoms with Gasteiger partial charge in [0.15, 0.2) is 10.7 Å². The average molecular weight is 563 g/mol. The molecular formula is C22H19ClF4N4O5S. The van der Waals surface area contributed by atoms with E-state index in [-0.39, 0.29) is 34.4 Å². The molecule has 0 bridgehead atoms. The van der Waals surface area contributed by atoms with Crippen LogP contribution >= 0.6 is 11.6 Å². The lowest BCUT2D eigenvalue weighted by Crippen LogP contribution is -2.40. The van der Waals surface area contributed by atoms with Crippen molar-refractivity contribution >= 4 is 27.1 Å². The third-order valence-corrected chi connectivity index (χ3v) is 7.45. The van der Waals surface area contributed by atoms with Crippen LogP contribution in [0.4, 0.5) is 23.2 Å². The molecule has 3 heterocycles. The first-order chi connectivity index (χ1) is 17.4. The van der Waals surface area contributed by atoms with E-state index in [4.69, 9.17) is 16.3 Å². The first kappa shape index (κ1) is 26.8. The van der Waals surface area contributed by atoms with Gasteiger partial charge in [0.25, 0.3) is 5.56 Å². The van der Waals surface area contributed by atoms with Gasteiger partial charge in [-0.05, 0) is 49.2 Å².